The molecule has 2 aromatic carbocycles. The highest BCUT2D eigenvalue weighted by atomic mass is 32.2. The summed E-state index contributed by atoms with van der Waals surface area (Å²) >= 11 is 1.57. The first-order valence-corrected chi connectivity index (χ1v) is 12.0. The van der Waals surface area contributed by atoms with Crippen molar-refractivity contribution in [1.29, 1.82) is 0 Å². The second-order valence-corrected chi connectivity index (χ2v) is 9.80. The quantitative estimate of drug-likeness (QED) is 0.559. The van der Waals surface area contributed by atoms with Crippen molar-refractivity contribution in [3.05, 3.63) is 76.2 Å². The number of nitrogens with one attached hydrogen (secondary N) is 1. The molecular formula is C22H25N3O3S2. The lowest BCUT2D eigenvalue weighted by atomic mass is 10.2. The lowest BCUT2D eigenvalue weighted by molar-refractivity contribution is 0.0950. The van der Waals surface area contributed by atoms with Gasteiger partial charge in [0.1, 0.15) is 0 Å². The number of benzene rings is 2. The monoisotopic (exact) mass is 443 g/mol. The van der Waals surface area contributed by atoms with Crippen molar-refractivity contribution in [2.75, 3.05) is 10.8 Å². The van der Waals surface area contributed by atoms with Crippen LogP contribution in [0.3, 0.4) is 0 Å². The number of rotatable bonds is 8. The third-order valence-electron chi connectivity index (χ3n) is 4.51. The highest BCUT2D eigenvalue weighted by Crippen LogP contribution is 2.24. The molecule has 0 saturated heterocycles. The number of nitrogens with zero attached hydrogens (tertiary/aromatic N) is 2. The van der Waals surface area contributed by atoms with Crippen LogP contribution >= 0.6 is 11.3 Å². The van der Waals surface area contributed by atoms with Crippen LogP contribution in [-0.2, 0) is 16.6 Å². The average molecular weight is 444 g/mol. The Kier molecular flexibility index (Phi) is 6.89. The van der Waals surface area contributed by atoms with E-state index in [1.54, 1.807) is 54.7 Å². The van der Waals surface area contributed by atoms with E-state index in [1.165, 1.54) is 16.4 Å². The summed E-state index contributed by atoms with van der Waals surface area (Å²) in [5.41, 5.74) is 1.67. The van der Waals surface area contributed by atoms with E-state index in [1.807, 2.05) is 11.4 Å². The van der Waals surface area contributed by atoms with Crippen molar-refractivity contribution in [3.63, 3.8) is 0 Å². The number of amides is 1. The maximum atomic E-state index is 13.2. The minimum absolute atomic E-state index is 0.0802. The van der Waals surface area contributed by atoms with E-state index >= 15 is 0 Å². The fourth-order valence-corrected chi connectivity index (χ4v) is 5.31. The average Bonchev–Trinajstić information content (AvgIpc) is 3.23. The molecule has 0 atom stereocenters. The van der Waals surface area contributed by atoms with Crippen LogP contribution in [0, 0.1) is 0 Å². The molecule has 0 fully saturated rings. The van der Waals surface area contributed by atoms with Crippen molar-refractivity contribution < 1.29 is 13.2 Å². The van der Waals surface area contributed by atoms with Crippen LogP contribution in [0.2, 0.25) is 0 Å². The highest BCUT2D eigenvalue weighted by Gasteiger charge is 2.24. The molecule has 0 aliphatic rings. The molecule has 0 bridgehead atoms. The van der Waals surface area contributed by atoms with Crippen molar-refractivity contribution in [3.8, 4) is 0 Å². The second kappa shape index (κ2) is 9.40. The van der Waals surface area contributed by atoms with Crippen LogP contribution in [0.1, 0.15) is 47.7 Å². The molecule has 3 rings (SSSR count). The summed E-state index contributed by atoms with van der Waals surface area (Å²) in [6, 6.07) is 15.0. The first-order chi connectivity index (χ1) is 14.3. The summed E-state index contributed by atoms with van der Waals surface area (Å²) in [5, 5.41) is 5.77. The first-order valence-electron chi connectivity index (χ1n) is 9.73. The molecule has 158 valence electrons. The zero-order chi connectivity index (χ0) is 21.7. The molecule has 30 heavy (non-hydrogen) atoms. The predicted molar refractivity (Wildman–Crippen MR) is 120 cm³/mol. The fourth-order valence-electron chi connectivity index (χ4n) is 2.95. The SMILES string of the molecule is CCN(c1ccccc1)S(=O)(=O)c1cccc(C(=O)NCc2csc(C(C)C)n2)c1. The molecule has 1 N–H and O–H groups in total. The molecule has 0 aliphatic carbocycles. The van der Waals surface area contributed by atoms with E-state index in [4.69, 9.17) is 0 Å². The Labute approximate surface area is 181 Å². The van der Waals surface area contributed by atoms with Crippen LogP contribution in [-0.4, -0.2) is 25.9 Å². The van der Waals surface area contributed by atoms with Gasteiger partial charge in [0.2, 0.25) is 0 Å². The molecule has 1 heterocycles. The predicted octanol–water partition coefficient (Wildman–Crippen LogP) is 4.41. The maximum Gasteiger partial charge on any atom is 0.264 e. The third kappa shape index (κ3) is 4.88. The van der Waals surface area contributed by atoms with Gasteiger partial charge < -0.3 is 5.32 Å². The zero-order valence-electron chi connectivity index (χ0n) is 17.2. The van der Waals surface area contributed by atoms with Crippen LogP contribution in [0.25, 0.3) is 0 Å². The molecule has 1 amide bonds. The van der Waals surface area contributed by atoms with Gasteiger partial charge >= 0.3 is 0 Å². The number of anilines is 1. The van der Waals surface area contributed by atoms with Crippen molar-refractivity contribution in [2.45, 2.75) is 38.1 Å². The van der Waals surface area contributed by atoms with Gasteiger partial charge in [-0.3, -0.25) is 9.10 Å². The minimum atomic E-state index is -3.79. The van der Waals surface area contributed by atoms with Crippen LogP contribution in [0.15, 0.2) is 64.9 Å². The Hall–Kier alpha value is -2.71. The molecule has 0 aliphatic heterocycles. The van der Waals surface area contributed by atoms with Gasteiger partial charge in [0, 0.05) is 23.4 Å². The van der Waals surface area contributed by atoms with Gasteiger partial charge in [-0.25, -0.2) is 13.4 Å². The van der Waals surface area contributed by atoms with E-state index in [9.17, 15) is 13.2 Å². The van der Waals surface area contributed by atoms with Gasteiger partial charge in [-0.05, 0) is 37.3 Å². The molecule has 3 aromatic rings. The van der Waals surface area contributed by atoms with Crippen LogP contribution < -0.4 is 9.62 Å². The Bertz CT molecular complexity index is 1110. The summed E-state index contributed by atoms with van der Waals surface area (Å²) in [6.45, 7) is 6.50. The van der Waals surface area contributed by atoms with Crippen molar-refractivity contribution in [1.82, 2.24) is 10.3 Å². The number of aromatic nitrogens is 1. The smallest absolute Gasteiger partial charge is 0.264 e. The van der Waals surface area contributed by atoms with E-state index < -0.39 is 10.0 Å². The number of hydrogen-bond acceptors (Lipinski definition) is 5. The van der Waals surface area contributed by atoms with Crippen molar-refractivity contribution in [2.24, 2.45) is 0 Å². The maximum absolute atomic E-state index is 13.2. The molecule has 6 nitrogen and oxygen atoms in total. The van der Waals surface area contributed by atoms with E-state index in [0.29, 0.717) is 23.7 Å². The summed E-state index contributed by atoms with van der Waals surface area (Å²) in [6.07, 6.45) is 0. The molecule has 1 aromatic heterocycles. The van der Waals surface area contributed by atoms with Crippen LogP contribution in [0.5, 0.6) is 0 Å². The number of hydrogen-bond donors (Lipinski definition) is 1. The highest BCUT2D eigenvalue weighted by molar-refractivity contribution is 7.92. The molecule has 0 spiro atoms. The van der Waals surface area contributed by atoms with Gasteiger partial charge in [0.25, 0.3) is 15.9 Å². The summed E-state index contributed by atoms with van der Waals surface area (Å²) in [4.78, 5) is 17.2. The largest absolute Gasteiger partial charge is 0.346 e. The Morgan fingerprint density at radius 2 is 1.87 bits per heavy atom. The van der Waals surface area contributed by atoms with E-state index in [0.717, 1.165) is 10.7 Å². The lowest BCUT2D eigenvalue weighted by Crippen LogP contribution is -2.31. The lowest BCUT2D eigenvalue weighted by Gasteiger charge is -2.23. The Morgan fingerprint density at radius 3 is 2.50 bits per heavy atom. The summed E-state index contributed by atoms with van der Waals surface area (Å²) < 4.78 is 27.7. The van der Waals surface area contributed by atoms with E-state index in [2.05, 4.69) is 24.1 Å². The van der Waals surface area contributed by atoms with Crippen molar-refractivity contribution >= 4 is 33.0 Å². The van der Waals surface area contributed by atoms with Gasteiger partial charge in [-0.15, -0.1) is 11.3 Å². The molecule has 8 heteroatoms. The standard InChI is InChI=1S/C22H25N3O3S2/c1-4-25(19-10-6-5-7-11-19)30(27,28)20-12-8-9-17(13-20)21(26)23-14-18-15-29-22(24-18)16(2)3/h5-13,15-16H,4,14H2,1-3H3,(H,23,26). The van der Waals surface area contributed by atoms with Gasteiger partial charge in [-0.2, -0.15) is 0 Å². The Balaban J connectivity index is 1.78. The summed E-state index contributed by atoms with van der Waals surface area (Å²) in [7, 11) is -3.79. The summed E-state index contributed by atoms with van der Waals surface area (Å²) in [5.74, 6) is 0.00127. The number of sulfonamides is 1. The fraction of sp³-hybridized carbons (Fsp3) is 0.273. The number of carbonyl (C=O) groups is 1. The number of para-hydroxylation sites is 1. The molecule has 0 radical (unpaired) electrons. The second-order valence-electron chi connectivity index (χ2n) is 7.05. The van der Waals surface area contributed by atoms with Crippen LogP contribution in [0.4, 0.5) is 5.69 Å². The minimum Gasteiger partial charge on any atom is -0.346 e. The number of carbonyl (C=O) groups excluding carboxylic acids is 1. The first kappa shape index (κ1) is 22.0. The molecular weight excluding hydrogens is 418 g/mol. The zero-order valence-corrected chi connectivity index (χ0v) is 18.8. The topological polar surface area (TPSA) is 79.4 Å². The van der Waals surface area contributed by atoms with E-state index in [-0.39, 0.29) is 17.3 Å². The normalized spacial score (nSPS) is 11.5. The Morgan fingerprint density at radius 1 is 1.13 bits per heavy atom. The molecule has 0 saturated carbocycles. The number of thiazole rings is 1. The van der Waals surface area contributed by atoms with Gasteiger partial charge in [-0.1, -0.05) is 38.1 Å². The molecule has 0 unspecified atom stereocenters. The van der Waals surface area contributed by atoms with Gasteiger partial charge in [0.15, 0.2) is 0 Å². The van der Waals surface area contributed by atoms with Gasteiger partial charge in [0.05, 0.1) is 27.8 Å². The third-order valence-corrected chi connectivity index (χ3v) is 7.60.